The van der Waals surface area contributed by atoms with Gasteiger partial charge in [0.25, 0.3) is 0 Å². The first-order valence-electron chi connectivity index (χ1n) is 5.80. The van der Waals surface area contributed by atoms with Crippen LogP contribution in [0, 0.1) is 0 Å². The molecule has 1 rings (SSSR count). The maximum absolute atomic E-state index is 11.5. The number of nitrogens with two attached hydrogens (primary N) is 1. The fourth-order valence-electron chi connectivity index (χ4n) is 1.41. The van der Waals surface area contributed by atoms with Crippen LogP contribution >= 0.6 is 12.2 Å². The number of hydrogen-bond acceptors (Lipinski definition) is 5. The van der Waals surface area contributed by atoms with Crippen LogP contribution in [0.2, 0.25) is 0 Å². The van der Waals surface area contributed by atoms with Crippen LogP contribution in [0.25, 0.3) is 0 Å². The SMILES string of the molecule is CCOC(=O)C(C)Oc1cc(OC)cc(C(N)=S)c1. The van der Waals surface area contributed by atoms with E-state index in [1.165, 1.54) is 7.11 Å². The predicted molar refractivity (Wildman–Crippen MR) is 75.6 cm³/mol. The Morgan fingerprint density at radius 3 is 2.53 bits per heavy atom. The molecule has 0 fully saturated rings. The third kappa shape index (κ3) is 4.40. The number of carbonyl (C=O) groups is 1. The number of thiocarbonyl (C=S) groups is 1. The average Bonchev–Trinajstić information content (AvgIpc) is 2.38. The Morgan fingerprint density at radius 2 is 2.00 bits per heavy atom. The van der Waals surface area contributed by atoms with Crippen LogP contribution in [0.3, 0.4) is 0 Å². The lowest BCUT2D eigenvalue weighted by atomic mass is 10.2. The van der Waals surface area contributed by atoms with E-state index in [0.717, 1.165) is 0 Å². The van der Waals surface area contributed by atoms with Crippen molar-refractivity contribution in [2.75, 3.05) is 13.7 Å². The lowest BCUT2D eigenvalue weighted by Gasteiger charge is -2.15. The Balaban J connectivity index is 2.91. The van der Waals surface area contributed by atoms with Crippen LogP contribution in [0.5, 0.6) is 11.5 Å². The number of methoxy groups -OCH3 is 1. The van der Waals surface area contributed by atoms with Gasteiger partial charge in [-0.1, -0.05) is 12.2 Å². The molecule has 0 amide bonds. The molecule has 5 nitrogen and oxygen atoms in total. The summed E-state index contributed by atoms with van der Waals surface area (Å²) in [5, 5.41) is 0. The van der Waals surface area contributed by atoms with Gasteiger partial charge in [-0.3, -0.25) is 0 Å². The molecule has 2 N–H and O–H groups in total. The Kier molecular flexibility index (Phi) is 5.57. The molecule has 19 heavy (non-hydrogen) atoms. The van der Waals surface area contributed by atoms with E-state index in [1.807, 2.05) is 0 Å². The predicted octanol–water partition coefficient (Wildman–Crippen LogP) is 1.66. The van der Waals surface area contributed by atoms with Crippen molar-refractivity contribution in [3.05, 3.63) is 23.8 Å². The Morgan fingerprint density at radius 1 is 1.37 bits per heavy atom. The summed E-state index contributed by atoms with van der Waals surface area (Å²) < 4.78 is 15.5. The lowest BCUT2D eigenvalue weighted by Crippen LogP contribution is -2.26. The minimum Gasteiger partial charge on any atom is -0.497 e. The second kappa shape index (κ2) is 6.94. The molecule has 6 heteroatoms. The van der Waals surface area contributed by atoms with Gasteiger partial charge in [0.15, 0.2) is 6.10 Å². The first kappa shape index (κ1) is 15.2. The van der Waals surface area contributed by atoms with E-state index in [-0.39, 0.29) is 4.99 Å². The van der Waals surface area contributed by atoms with Crippen molar-refractivity contribution in [1.29, 1.82) is 0 Å². The quantitative estimate of drug-likeness (QED) is 0.632. The zero-order valence-electron chi connectivity index (χ0n) is 11.1. The Labute approximate surface area is 117 Å². The van der Waals surface area contributed by atoms with Gasteiger partial charge in [-0.05, 0) is 26.0 Å². The topological polar surface area (TPSA) is 70.8 Å². The van der Waals surface area contributed by atoms with Crippen molar-refractivity contribution in [2.24, 2.45) is 5.73 Å². The monoisotopic (exact) mass is 283 g/mol. The van der Waals surface area contributed by atoms with E-state index in [9.17, 15) is 4.79 Å². The third-order valence-corrected chi connectivity index (χ3v) is 2.57. The molecule has 0 spiro atoms. The highest BCUT2D eigenvalue weighted by Gasteiger charge is 2.16. The van der Waals surface area contributed by atoms with Crippen LogP contribution in [-0.4, -0.2) is 30.8 Å². The van der Waals surface area contributed by atoms with E-state index in [0.29, 0.717) is 23.7 Å². The minimum atomic E-state index is -0.716. The third-order valence-electron chi connectivity index (χ3n) is 2.33. The minimum absolute atomic E-state index is 0.229. The van der Waals surface area contributed by atoms with Crippen LogP contribution in [0.15, 0.2) is 18.2 Å². The molecule has 1 aromatic rings. The number of esters is 1. The van der Waals surface area contributed by atoms with Gasteiger partial charge < -0.3 is 19.9 Å². The molecule has 104 valence electrons. The first-order chi connectivity index (χ1) is 8.97. The van der Waals surface area contributed by atoms with Gasteiger partial charge in [0.1, 0.15) is 16.5 Å². The van der Waals surface area contributed by atoms with Gasteiger partial charge >= 0.3 is 5.97 Å². The summed E-state index contributed by atoms with van der Waals surface area (Å²) in [4.78, 5) is 11.7. The largest absolute Gasteiger partial charge is 0.497 e. The van der Waals surface area contributed by atoms with Crippen molar-refractivity contribution in [1.82, 2.24) is 0 Å². The zero-order valence-corrected chi connectivity index (χ0v) is 12.0. The van der Waals surface area contributed by atoms with Crippen LogP contribution < -0.4 is 15.2 Å². The Bertz CT molecular complexity index is 476. The second-order valence-corrected chi connectivity index (χ2v) is 4.21. The van der Waals surface area contributed by atoms with Crippen LogP contribution in [0.4, 0.5) is 0 Å². The molecule has 0 aromatic heterocycles. The number of carbonyl (C=O) groups excluding carboxylic acids is 1. The van der Waals surface area contributed by atoms with Gasteiger partial charge in [-0.25, -0.2) is 4.79 Å². The molecular weight excluding hydrogens is 266 g/mol. The lowest BCUT2D eigenvalue weighted by molar-refractivity contribution is -0.150. The summed E-state index contributed by atoms with van der Waals surface area (Å²) in [5.74, 6) is 0.571. The van der Waals surface area contributed by atoms with E-state index < -0.39 is 12.1 Å². The normalized spacial score (nSPS) is 11.5. The molecule has 1 aromatic carbocycles. The van der Waals surface area contributed by atoms with Crippen molar-refractivity contribution in [3.8, 4) is 11.5 Å². The van der Waals surface area contributed by atoms with Gasteiger partial charge in [-0.2, -0.15) is 0 Å². The maximum atomic E-state index is 11.5. The molecule has 0 saturated heterocycles. The highest BCUT2D eigenvalue weighted by Crippen LogP contribution is 2.23. The molecule has 0 bridgehead atoms. The first-order valence-corrected chi connectivity index (χ1v) is 6.21. The second-order valence-electron chi connectivity index (χ2n) is 3.77. The molecule has 0 saturated carbocycles. The summed E-state index contributed by atoms with van der Waals surface area (Å²) in [6.07, 6.45) is -0.716. The van der Waals surface area contributed by atoms with Gasteiger partial charge in [0.2, 0.25) is 0 Å². The smallest absolute Gasteiger partial charge is 0.347 e. The summed E-state index contributed by atoms with van der Waals surface area (Å²) in [7, 11) is 1.53. The maximum Gasteiger partial charge on any atom is 0.347 e. The molecule has 0 aliphatic rings. The van der Waals surface area contributed by atoms with Crippen LogP contribution in [0.1, 0.15) is 19.4 Å². The van der Waals surface area contributed by atoms with Crippen molar-refractivity contribution >= 4 is 23.2 Å². The highest BCUT2D eigenvalue weighted by molar-refractivity contribution is 7.80. The summed E-state index contributed by atoms with van der Waals surface area (Å²) >= 11 is 4.91. The Hall–Kier alpha value is -1.82. The molecule has 1 atom stereocenters. The van der Waals surface area contributed by atoms with Gasteiger partial charge in [0, 0.05) is 11.6 Å². The number of benzene rings is 1. The fourth-order valence-corrected chi connectivity index (χ4v) is 1.53. The van der Waals surface area contributed by atoms with Gasteiger partial charge in [0.05, 0.1) is 13.7 Å². The molecule has 0 radical (unpaired) electrons. The molecule has 0 aliphatic heterocycles. The fraction of sp³-hybridized carbons (Fsp3) is 0.385. The van der Waals surface area contributed by atoms with Crippen molar-refractivity contribution < 1.29 is 19.0 Å². The molecular formula is C13H17NO4S. The highest BCUT2D eigenvalue weighted by atomic mass is 32.1. The summed E-state index contributed by atoms with van der Waals surface area (Å²) in [5.41, 5.74) is 6.18. The average molecular weight is 283 g/mol. The van der Waals surface area contributed by atoms with Crippen molar-refractivity contribution in [2.45, 2.75) is 20.0 Å². The number of ether oxygens (including phenoxy) is 3. The number of hydrogen-bond donors (Lipinski definition) is 1. The van der Waals surface area contributed by atoms with Gasteiger partial charge in [-0.15, -0.1) is 0 Å². The molecule has 1 unspecified atom stereocenters. The molecule has 0 heterocycles. The van der Waals surface area contributed by atoms with Crippen molar-refractivity contribution in [3.63, 3.8) is 0 Å². The van der Waals surface area contributed by atoms with E-state index in [1.54, 1.807) is 32.0 Å². The van der Waals surface area contributed by atoms with E-state index in [4.69, 9.17) is 32.2 Å². The number of rotatable bonds is 6. The summed E-state index contributed by atoms with van der Waals surface area (Å²) in [6, 6.07) is 5.00. The zero-order chi connectivity index (χ0) is 14.4. The standard InChI is InChI=1S/C13H17NO4S/c1-4-17-13(15)8(2)18-11-6-9(12(14)19)5-10(7-11)16-3/h5-8H,4H2,1-3H3,(H2,14,19). The van der Waals surface area contributed by atoms with Crippen LogP contribution in [-0.2, 0) is 9.53 Å². The molecule has 0 aliphatic carbocycles. The summed E-state index contributed by atoms with van der Waals surface area (Å²) in [6.45, 7) is 3.65. The van der Waals surface area contributed by atoms with E-state index >= 15 is 0 Å². The van der Waals surface area contributed by atoms with E-state index in [2.05, 4.69) is 0 Å².